The number of rotatable bonds is 5. The largest absolute Gasteiger partial charge is 0.339 e. The zero-order valence-electron chi connectivity index (χ0n) is 13.4. The molecule has 0 aliphatic rings. The molecular formula is C18H12Cl2N4O2. The van der Waals surface area contributed by atoms with E-state index in [1.165, 1.54) is 0 Å². The van der Waals surface area contributed by atoms with Gasteiger partial charge in [0.15, 0.2) is 0 Å². The Morgan fingerprint density at radius 3 is 1.38 bits per heavy atom. The van der Waals surface area contributed by atoms with Crippen LogP contribution in [0.25, 0.3) is 22.8 Å². The summed E-state index contributed by atoms with van der Waals surface area (Å²) in [5.74, 6) is 2.04. The van der Waals surface area contributed by atoms with Gasteiger partial charge in [0.05, 0.1) is 0 Å². The predicted octanol–water partition coefficient (Wildman–Crippen LogP) is 4.88. The van der Waals surface area contributed by atoms with E-state index in [-0.39, 0.29) is 0 Å². The van der Waals surface area contributed by atoms with Crippen molar-refractivity contribution in [3.8, 4) is 22.8 Å². The van der Waals surface area contributed by atoms with Crippen molar-refractivity contribution in [3.63, 3.8) is 0 Å². The molecule has 130 valence electrons. The van der Waals surface area contributed by atoms with Crippen molar-refractivity contribution in [2.24, 2.45) is 0 Å². The summed E-state index contributed by atoms with van der Waals surface area (Å²) in [6.45, 7) is 0. The summed E-state index contributed by atoms with van der Waals surface area (Å²) < 4.78 is 10.6. The average molecular weight is 387 g/mol. The Hall–Kier alpha value is -2.70. The smallest absolute Gasteiger partial charge is 0.227 e. The van der Waals surface area contributed by atoms with Crippen LogP contribution in [0.4, 0.5) is 0 Å². The molecule has 4 aromatic rings. The van der Waals surface area contributed by atoms with Gasteiger partial charge in [0, 0.05) is 34.0 Å². The summed E-state index contributed by atoms with van der Waals surface area (Å²) in [5, 5.41) is 9.28. The minimum atomic E-state index is 0.501. The van der Waals surface area contributed by atoms with E-state index >= 15 is 0 Å². The number of aromatic nitrogens is 4. The minimum Gasteiger partial charge on any atom is -0.339 e. The molecule has 0 spiro atoms. The van der Waals surface area contributed by atoms with Gasteiger partial charge in [0.25, 0.3) is 0 Å². The van der Waals surface area contributed by atoms with Gasteiger partial charge in [-0.1, -0.05) is 33.5 Å². The standard InChI is InChI=1S/C18H12Cl2N4O2/c19-13-5-1-11(2-6-13)17-21-15(25-23-17)9-10-16-22-18(24-26-16)12-3-7-14(20)8-4-12/h1-8H,9-10H2. The third-order valence-corrected chi connectivity index (χ3v) is 4.20. The van der Waals surface area contributed by atoms with Crippen molar-refractivity contribution < 1.29 is 9.05 Å². The highest BCUT2D eigenvalue weighted by Crippen LogP contribution is 2.20. The molecule has 0 radical (unpaired) electrons. The first kappa shape index (κ1) is 16.8. The van der Waals surface area contributed by atoms with Crippen molar-refractivity contribution in [2.75, 3.05) is 0 Å². The van der Waals surface area contributed by atoms with Crippen LogP contribution in [-0.2, 0) is 12.8 Å². The molecule has 4 rings (SSSR count). The van der Waals surface area contributed by atoms with Gasteiger partial charge in [0.1, 0.15) is 0 Å². The lowest BCUT2D eigenvalue weighted by Crippen LogP contribution is -1.92. The molecule has 6 nitrogen and oxygen atoms in total. The number of hydrogen-bond acceptors (Lipinski definition) is 6. The quantitative estimate of drug-likeness (QED) is 0.486. The van der Waals surface area contributed by atoms with Crippen LogP contribution < -0.4 is 0 Å². The SMILES string of the molecule is Clc1ccc(-c2noc(CCc3nc(-c4ccc(Cl)cc4)no3)n2)cc1. The van der Waals surface area contributed by atoms with Gasteiger partial charge in [-0.25, -0.2) is 0 Å². The normalized spacial score (nSPS) is 11.0. The van der Waals surface area contributed by atoms with E-state index in [0.29, 0.717) is 46.3 Å². The molecule has 0 unspecified atom stereocenters. The lowest BCUT2D eigenvalue weighted by molar-refractivity contribution is 0.354. The van der Waals surface area contributed by atoms with Crippen molar-refractivity contribution in [1.29, 1.82) is 0 Å². The molecule has 0 bridgehead atoms. The van der Waals surface area contributed by atoms with Gasteiger partial charge in [-0.2, -0.15) is 9.97 Å². The van der Waals surface area contributed by atoms with Crippen LogP contribution >= 0.6 is 23.2 Å². The zero-order valence-corrected chi connectivity index (χ0v) is 14.9. The topological polar surface area (TPSA) is 77.8 Å². The Bertz CT molecular complexity index is 927. The minimum absolute atomic E-state index is 0.501. The second-order valence-electron chi connectivity index (χ2n) is 5.54. The zero-order chi connectivity index (χ0) is 17.9. The Morgan fingerprint density at radius 2 is 1.00 bits per heavy atom. The molecule has 0 aliphatic heterocycles. The van der Waals surface area contributed by atoms with E-state index in [4.69, 9.17) is 32.2 Å². The van der Waals surface area contributed by atoms with Crippen LogP contribution in [0.1, 0.15) is 11.8 Å². The van der Waals surface area contributed by atoms with Crippen molar-refractivity contribution >= 4 is 23.2 Å². The maximum atomic E-state index is 5.88. The molecule has 0 atom stereocenters. The van der Waals surface area contributed by atoms with Crippen LogP contribution in [0.15, 0.2) is 57.6 Å². The number of benzene rings is 2. The van der Waals surface area contributed by atoms with Crippen molar-refractivity contribution in [3.05, 3.63) is 70.4 Å². The maximum absolute atomic E-state index is 5.88. The van der Waals surface area contributed by atoms with Gasteiger partial charge in [-0.15, -0.1) is 0 Å². The number of nitrogens with zero attached hydrogens (tertiary/aromatic N) is 4. The van der Waals surface area contributed by atoms with Crippen LogP contribution in [0, 0.1) is 0 Å². The highest BCUT2D eigenvalue weighted by Gasteiger charge is 2.12. The molecule has 0 saturated heterocycles. The van der Waals surface area contributed by atoms with Crippen LogP contribution in [-0.4, -0.2) is 20.3 Å². The predicted molar refractivity (Wildman–Crippen MR) is 96.9 cm³/mol. The van der Waals surface area contributed by atoms with Gasteiger partial charge in [0.2, 0.25) is 23.4 Å². The summed E-state index contributed by atoms with van der Waals surface area (Å²) in [6.07, 6.45) is 1.01. The second kappa shape index (κ2) is 7.27. The number of hydrogen-bond donors (Lipinski definition) is 0. The van der Waals surface area contributed by atoms with E-state index in [0.717, 1.165) is 11.1 Å². The van der Waals surface area contributed by atoms with E-state index in [9.17, 15) is 0 Å². The van der Waals surface area contributed by atoms with E-state index in [1.54, 1.807) is 24.3 Å². The Balaban J connectivity index is 1.42. The first-order valence-corrected chi connectivity index (χ1v) is 8.60. The summed E-state index contributed by atoms with van der Waals surface area (Å²) in [4.78, 5) is 8.75. The fourth-order valence-electron chi connectivity index (χ4n) is 2.36. The lowest BCUT2D eigenvalue weighted by Gasteiger charge is -1.93. The van der Waals surface area contributed by atoms with Gasteiger partial charge in [-0.05, 0) is 48.5 Å². The lowest BCUT2D eigenvalue weighted by atomic mass is 10.2. The molecule has 0 aliphatic carbocycles. The molecule has 2 heterocycles. The van der Waals surface area contributed by atoms with Gasteiger partial charge >= 0.3 is 0 Å². The Kier molecular flexibility index (Phi) is 4.69. The monoisotopic (exact) mass is 386 g/mol. The van der Waals surface area contributed by atoms with Crippen LogP contribution in [0.2, 0.25) is 10.0 Å². The highest BCUT2D eigenvalue weighted by molar-refractivity contribution is 6.30. The first-order valence-electron chi connectivity index (χ1n) is 7.84. The third-order valence-electron chi connectivity index (χ3n) is 3.69. The Labute approximate surface area is 158 Å². The van der Waals surface area contributed by atoms with Crippen LogP contribution in [0.5, 0.6) is 0 Å². The molecule has 2 aromatic heterocycles. The second-order valence-corrected chi connectivity index (χ2v) is 6.41. The average Bonchev–Trinajstić information content (AvgIpc) is 3.31. The molecule has 0 saturated carbocycles. The molecular weight excluding hydrogens is 375 g/mol. The highest BCUT2D eigenvalue weighted by atomic mass is 35.5. The van der Waals surface area contributed by atoms with Crippen molar-refractivity contribution in [2.45, 2.75) is 12.8 Å². The van der Waals surface area contributed by atoms with Gasteiger partial charge < -0.3 is 9.05 Å². The fourth-order valence-corrected chi connectivity index (χ4v) is 2.61. The van der Waals surface area contributed by atoms with E-state index in [1.807, 2.05) is 24.3 Å². The van der Waals surface area contributed by atoms with Gasteiger partial charge in [-0.3, -0.25) is 0 Å². The molecule has 0 amide bonds. The summed E-state index contributed by atoms with van der Waals surface area (Å²) in [5.41, 5.74) is 1.68. The molecule has 8 heteroatoms. The van der Waals surface area contributed by atoms with Crippen molar-refractivity contribution in [1.82, 2.24) is 20.3 Å². The fraction of sp³-hybridized carbons (Fsp3) is 0.111. The third kappa shape index (κ3) is 3.76. The summed E-state index contributed by atoms with van der Waals surface area (Å²) >= 11 is 11.8. The first-order chi connectivity index (χ1) is 12.7. The van der Waals surface area contributed by atoms with E-state index < -0.39 is 0 Å². The Morgan fingerprint density at radius 1 is 0.615 bits per heavy atom. The number of aryl methyl sites for hydroxylation is 2. The molecule has 0 N–H and O–H groups in total. The summed E-state index contributed by atoms with van der Waals surface area (Å²) in [6, 6.07) is 14.5. The van der Waals surface area contributed by atoms with Crippen LogP contribution in [0.3, 0.4) is 0 Å². The molecule has 2 aromatic carbocycles. The van der Waals surface area contributed by atoms with E-state index in [2.05, 4.69) is 20.3 Å². The molecule has 0 fully saturated rings. The maximum Gasteiger partial charge on any atom is 0.227 e. The molecule has 26 heavy (non-hydrogen) atoms. The summed E-state index contributed by atoms with van der Waals surface area (Å²) in [7, 11) is 0. The number of halogens is 2.